The van der Waals surface area contributed by atoms with Gasteiger partial charge in [0.05, 0.1) is 0 Å². The zero-order valence-corrected chi connectivity index (χ0v) is 13.5. The highest BCUT2D eigenvalue weighted by Crippen LogP contribution is 2.22. The van der Waals surface area contributed by atoms with Crippen LogP contribution in [0.3, 0.4) is 0 Å². The summed E-state index contributed by atoms with van der Waals surface area (Å²) in [7, 11) is 0. The highest BCUT2D eigenvalue weighted by Gasteiger charge is 2.11. The molecule has 0 spiro atoms. The minimum absolute atomic E-state index is 0.859. The van der Waals surface area contributed by atoms with Crippen LogP contribution < -0.4 is 10.2 Å². The van der Waals surface area contributed by atoms with Crippen molar-refractivity contribution in [2.45, 2.75) is 39.5 Å². The van der Waals surface area contributed by atoms with Crippen LogP contribution in [0.15, 0.2) is 30.6 Å². The van der Waals surface area contributed by atoms with Gasteiger partial charge in [-0.25, -0.2) is 9.97 Å². The molecule has 1 aliphatic heterocycles. The molecule has 1 aromatic heterocycles. The monoisotopic (exact) mass is 296 g/mol. The van der Waals surface area contributed by atoms with Crippen molar-refractivity contribution in [1.29, 1.82) is 0 Å². The fraction of sp³-hybridized carbons (Fsp3) is 0.444. The molecule has 1 saturated heterocycles. The molecule has 0 amide bonds. The maximum Gasteiger partial charge on any atom is 0.135 e. The number of aromatic nitrogens is 2. The van der Waals surface area contributed by atoms with E-state index >= 15 is 0 Å². The first-order chi connectivity index (χ1) is 10.7. The van der Waals surface area contributed by atoms with Gasteiger partial charge in [-0.05, 0) is 49.9 Å². The maximum absolute atomic E-state index is 4.45. The predicted octanol–water partition coefficient (Wildman–Crippen LogP) is 4.22. The summed E-state index contributed by atoms with van der Waals surface area (Å²) >= 11 is 0. The van der Waals surface area contributed by atoms with Crippen LogP contribution in [-0.4, -0.2) is 23.1 Å². The third-order valence-electron chi connectivity index (χ3n) is 4.36. The average molecular weight is 296 g/mol. The highest BCUT2D eigenvalue weighted by molar-refractivity contribution is 5.60. The molecule has 0 aliphatic carbocycles. The van der Waals surface area contributed by atoms with E-state index in [1.165, 1.54) is 36.8 Å². The van der Waals surface area contributed by atoms with Crippen molar-refractivity contribution in [2.24, 2.45) is 0 Å². The molecule has 4 nitrogen and oxygen atoms in total. The summed E-state index contributed by atoms with van der Waals surface area (Å²) in [6.07, 6.45) is 6.82. The number of anilines is 3. The molecule has 0 bridgehead atoms. The van der Waals surface area contributed by atoms with Crippen molar-refractivity contribution in [3.8, 4) is 0 Å². The van der Waals surface area contributed by atoms with E-state index in [-0.39, 0.29) is 0 Å². The van der Waals surface area contributed by atoms with Crippen LogP contribution in [-0.2, 0) is 0 Å². The van der Waals surface area contributed by atoms with Gasteiger partial charge in [0.2, 0.25) is 0 Å². The Morgan fingerprint density at radius 1 is 0.909 bits per heavy atom. The van der Waals surface area contributed by atoms with E-state index in [9.17, 15) is 0 Å². The first-order valence-electron chi connectivity index (χ1n) is 8.14. The summed E-state index contributed by atoms with van der Waals surface area (Å²) in [6.45, 7) is 6.45. The van der Waals surface area contributed by atoms with E-state index in [1.54, 1.807) is 6.33 Å². The number of hydrogen-bond donors (Lipinski definition) is 1. The molecule has 1 N–H and O–H groups in total. The average Bonchev–Trinajstić information content (AvgIpc) is 2.80. The molecule has 1 aliphatic rings. The molecule has 3 rings (SSSR count). The van der Waals surface area contributed by atoms with Crippen molar-refractivity contribution < 1.29 is 0 Å². The van der Waals surface area contributed by atoms with Gasteiger partial charge in [0.1, 0.15) is 18.0 Å². The van der Waals surface area contributed by atoms with Gasteiger partial charge in [0.25, 0.3) is 0 Å². The van der Waals surface area contributed by atoms with Crippen molar-refractivity contribution in [2.75, 3.05) is 23.3 Å². The van der Waals surface area contributed by atoms with Gasteiger partial charge in [-0.3, -0.25) is 0 Å². The summed E-state index contributed by atoms with van der Waals surface area (Å²) in [5.41, 5.74) is 3.66. The van der Waals surface area contributed by atoms with Gasteiger partial charge < -0.3 is 10.2 Å². The Bertz CT molecular complexity index is 631. The fourth-order valence-electron chi connectivity index (χ4n) is 2.86. The molecular formula is C18H24N4. The molecule has 22 heavy (non-hydrogen) atoms. The Morgan fingerprint density at radius 2 is 1.68 bits per heavy atom. The van der Waals surface area contributed by atoms with Crippen LogP contribution >= 0.6 is 0 Å². The first kappa shape index (κ1) is 14.8. The van der Waals surface area contributed by atoms with Gasteiger partial charge in [0, 0.05) is 24.8 Å². The summed E-state index contributed by atoms with van der Waals surface area (Å²) in [5, 5.41) is 3.39. The van der Waals surface area contributed by atoms with Crippen molar-refractivity contribution in [3.05, 3.63) is 41.7 Å². The van der Waals surface area contributed by atoms with Gasteiger partial charge in [0.15, 0.2) is 0 Å². The van der Waals surface area contributed by atoms with Gasteiger partial charge in [-0.1, -0.05) is 18.9 Å². The number of nitrogens with zero attached hydrogens (tertiary/aromatic N) is 3. The fourth-order valence-corrected chi connectivity index (χ4v) is 2.86. The maximum atomic E-state index is 4.45. The number of nitrogens with one attached hydrogen (secondary N) is 1. The van der Waals surface area contributed by atoms with Crippen molar-refractivity contribution in [1.82, 2.24) is 9.97 Å². The van der Waals surface area contributed by atoms with E-state index in [2.05, 4.69) is 58.3 Å². The van der Waals surface area contributed by atoms with E-state index in [1.807, 2.05) is 0 Å². The van der Waals surface area contributed by atoms with Crippen LogP contribution in [0.1, 0.15) is 36.8 Å². The number of benzene rings is 1. The molecule has 116 valence electrons. The van der Waals surface area contributed by atoms with Gasteiger partial charge in [-0.2, -0.15) is 0 Å². The first-order valence-corrected chi connectivity index (χ1v) is 8.14. The molecule has 4 heteroatoms. The number of rotatable bonds is 3. The second-order valence-corrected chi connectivity index (χ2v) is 6.09. The Kier molecular flexibility index (Phi) is 4.56. The van der Waals surface area contributed by atoms with Crippen LogP contribution in [0, 0.1) is 13.8 Å². The lowest BCUT2D eigenvalue weighted by molar-refractivity contribution is 0.726. The quantitative estimate of drug-likeness (QED) is 0.921. The Labute approximate surface area is 132 Å². The van der Waals surface area contributed by atoms with Crippen LogP contribution in [0.4, 0.5) is 17.3 Å². The largest absolute Gasteiger partial charge is 0.356 e. The molecule has 2 heterocycles. The second kappa shape index (κ2) is 6.77. The molecule has 1 aromatic carbocycles. The van der Waals surface area contributed by atoms with Crippen LogP contribution in [0.2, 0.25) is 0 Å². The number of aryl methyl sites for hydroxylation is 2. The molecule has 2 aromatic rings. The second-order valence-electron chi connectivity index (χ2n) is 6.09. The molecule has 0 atom stereocenters. The van der Waals surface area contributed by atoms with Crippen LogP contribution in [0.5, 0.6) is 0 Å². The molecule has 0 radical (unpaired) electrons. The van der Waals surface area contributed by atoms with E-state index in [4.69, 9.17) is 0 Å². The highest BCUT2D eigenvalue weighted by atomic mass is 15.2. The summed E-state index contributed by atoms with van der Waals surface area (Å²) in [6, 6.07) is 8.44. The SMILES string of the molecule is Cc1ccc(Nc2cc(N3CCCCCC3)ncn2)cc1C. The number of hydrogen-bond acceptors (Lipinski definition) is 4. The molecule has 1 fully saturated rings. The third-order valence-corrected chi connectivity index (χ3v) is 4.36. The van der Waals surface area contributed by atoms with Crippen LogP contribution in [0.25, 0.3) is 0 Å². The van der Waals surface area contributed by atoms with Gasteiger partial charge in [-0.15, -0.1) is 0 Å². The van der Waals surface area contributed by atoms with Gasteiger partial charge >= 0.3 is 0 Å². The summed E-state index contributed by atoms with van der Waals surface area (Å²) in [5.74, 6) is 1.89. The standard InChI is InChI=1S/C18H24N4/c1-14-7-8-16(11-15(14)2)21-17-12-18(20-13-19-17)22-9-5-3-4-6-10-22/h7-8,11-13H,3-6,9-10H2,1-2H3,(H,19,20,21). The topological polar surface area (TPSA) is 41.0 Å². The smallest absolute Gasteiger partial charge is 0.135 e. The Hall–Kier alpha value is -2.10. The zero-order chi connectivity index (χ0) is 15.4. The zero-order valence-electron chi connectivity index (χ0n) is 13.5. The summed E-state index contributed by atoms with van der Waals surface area (Å²) < 4.78 is 0. The predicted molar refractivity (Wildman–Crippen MR) is 91.9 cm³/mol. The Balaban J connectivity index is 1.76. The molecule has 0 unspecified atom stereocenters. The lowest BCUT2D eigenvalue weighted by atomic mass is 10.1. The lowest BCUT2D eigenvalue weighted by Gasteiger charge is -2.21. The summed E-state index contributed by atoms with van der Waals surface area (Å²) in [4.78, 5) is 11.2. The molecule has 0 saturated carbocycles. The van der Waals surface area contributed by atoms with E-state index < -0.39 is 0 Å². The van der Waals surface area contributed by atoms with E-state index in [0.717, 1.165) is 30.4 Å². The van der Waals surface area contributed by atoms with Crippen molar-refractivity contribution >= 4 is 17.3 Å². The Morgan fingerprint density at radius 3 is 2.41 bits per heavy atom. The lowest BCUT2D eigenvalue weighted by Crippen LogP contribution is -2.25. The third kappa shape index (κ3) is 3.56. The van der Waals surface area contributed by atoms with E-state index in [0.29, 0.717) is 0 Å². The molecular weight excluding hydrogens is 272 g/mol. The normalized spacial score (nSPS) is 15.5. The van der Waals surface area contributed by atoms with Crippen molar-refractivity contribution in [3.63, 3.8) is 0 Å². The minimum atomic E-state index is 0.859. The minimum Gasteiger partial charge on any atom is -0.356 e.